The van der Waals surface area contributed by atoms with Gasteiger partial charge in [-0.1, -0.05) is 53.0 Å². The van der Waals surface area contributed by atoms with E-state index in [9.17, 15) is 13.2 Å². The normalized spacial score (nSPS) is 11.4. The van der Waals surface area contributed by atoms with Crippen LogP contribution in [-0.4, -0.2) is 20.5 Å². The van der Waals surface area contributed by atoms with Gasteiger partial charge in [-0.15, -0.1) is 0 Å². The van der Waals surface area contributed by atoms with E-state index in [1.807, 2.05) is 0 Å². The van der Waals surface area contributed by atoms with Crippen LogP contribution in [0.1, 0.15) is 15.9 Å². The molecule has 0 fully saturated rings. The van der Waals surface area contributed by atoms with Crippen molar-refractivity contribution in [1.82, 2.24) is 5.43 Å². The summed E-state index contributed by atoms with van der Waals surface area (Å²) in [6.45, 7) is 0. The number of amides is 1. The number of hydrogen-bond acceptors (Lipinski definition) is 4. The average Bonchev–Trinajstić information content (AvgIpc) is 2.70. The molecule has 0 aliphatic carbocycles. The van der Waals surface area contributed by atoms with E-state index in [2.05, 4.69) is 15.2 Å². The fraction of sp³-hybridized carbons (Fsp3) is 0. The highest BCUT2D eigenvalue weighted by Crippen LogP contribution is 2.22. The van der Waals surface area contributed by atoms with Crippen molar-refractivity contribution in [2.75, 3.05) is 4.72 Å². The molecule has 0 unspecified atom stereocenters. The van der Waals surface area contributed by atoms with Crippen molar-refractivity contribution in [3.63, 3.8) is 0 Å². The van der Waals surface area contributed by atoms with Crippen molar-refractivity contribution in [3.05, 3.63) is 92.9 Å². The summed E-state index contributed by atoms with van der Waals surface area (Å²) in [7, 11) is -3.92. The number of benzene rings is 3. The minimum Gasteiger partial charge on any atom is -0.279 e. The summed E-state index contributed by atoms with van der Waals surface area (Å²) in [6.07, 6.45) is 1.36. The van der Waals surface area contributed by atoms with E-state index in [0.29, 0.717) is 20.6 Å². The van der Waals surface area contributed by atoms with Gasteiger partial charge in [0.05, 0.1) is 27.4 Å². The van der Waals surface area contributed by atoms with E-state index in [-0.39, 0.29) is 16.1 Å². The van der Waals surface area contributed by atoms with Gasteiger partial charge in [-0.25, -0.2) is 13.8 Å². The number of carbonyl (C=O) groups excluding carboxylic acids is 1. The van der Waals surface area contributed by atoms with E-state index < -0.39 is 15.9 Å². The zero-order valence-corrected chi connectivity index (χ0v) is 18.2. The lowest BCUT2D eigenvalue weighted by Crippen LogP contribution is -2.21. The smallest absolute Gasteiger partial charge is 0.273 e. The van der Waals surface area contributed by atoms with Gasteiger partial charge in [-0.05, 0) is 48.5 Å². The van der Waals surface area contributed by atoms with E-state index >= 15 is 0 Å². The molecule has 6 nitrogen and oxygen atoms in total. The van der Waals surface area contributed by atoms with Crippen molar-refractivity contribution in [1.29, 1.82) is 0 Å². The lowest BCUT2D eigenvalue weighted by molar-refractivity contribution is 0.0956. The molecule has 0 spiro atoms. The SMILES string of the molecule is O=C(N/N=C\c1ccc(Cl)cc1Cl)c1ccccc1NS(=O)(=O)c1ccc(Cl)cc1. The Balaban J connectivity index is 1.78. The predicted molar refractivity (Wildman–Crippen MR) is 120 cm³/mol. The van der Waals surface area contributed by atoms with Gasteiger partial charge in [0.25, 0.3) is 15.9 Å². The third kappa shape index (κ3) is 5.52. The zero-order valence-electron chi connectivity index (χ0n) is 15.1. The second-order valence-corrected chi connectivity index (χ2v) is 8.93. The van der Waals surface area contributed by atoms with Crippen molar-refractivity contribution >= 4 is 62.6 Å². The number of hydrazone groups is 1. The van der Waals surface area contributed by atoms with E-state index in [4.69, 9.17) is 34.8 Å². The molecule has 0 saturated carbocycles. The molecule has 30 heavy (non-hydrogen) atoms. The maximum atomic E-state index is 12.6. The summed E-state index contributed by atoms with van der Waals surface area (Å²) in [5, 5.41) is 5.13. The molecule has 3 aromatic rings. The quantitative estimate of drug-likeness (QED) is 0.373. The number of nitrogens with one attached hydrogen (secondary N) is 2. The van der Waals surface area contributed by atoms with Crippen LogP contribution in [0.15, 0.2) is 76.7 Å². The first-order chi connectivity index (χ1) is 14.3. The van der Waals surface area contributed by atoms with Crippen LogP contribution < -0.4 is 10.1 Å². The number of nitrogens with zero attached hydrogens (tertiary/aromatic N) is 1. The molecule has 154 valence electrons. The Kier molecular flexibility index (Phi) is 6.99. The van der Waals surface area contributed by atoms with Crippen molar-refractivity contribution < 1.29 is 13.2 Å². The summed E-state index contributed by atoms with van der Waals surface area (Å²) in [6, 6.07) is 16.7. The zero-order chi connectivity index (χ0) is 21.7. The second kappa shape index (κ2) is 9.49. The lowest BCUT2D eigenvalue weighted by atomic mass is 10.2. The summed E-state index contributed by atoms with van der Waals surface area (Å²) in [4.78, 5) is 12.5. The number of carbonyl (C=O) groups is 1. The Morgan fingerprint density at radius 1 is 0.900 bits per heavy atom. The summed E-state index contributed by atoms with van der Waals surface area (Å²) in [5.74, 6) is -0.606. The number of anilines is 1. The van der Waals surface area contributed by atoms with Gasteiger partial charge in [-0.3, -0.25) is 9.52 Å². The summed E-state index contributed by atoms with van der Waals surface area (Å²) >= 11 is 17.7. The first kappa shape index (κ1) is 22.1. The minimum absolute atomic E-state index is 0.0116. The summed E-state index contributed by atoms with van der Waals surface area (Å²) in [5.41, 5.74) is 3.10. The van der Waals surface area contributed by atoms with Gasteiger partial charge >= 0.3 is 0 Å². The molecule has 3 rings (SSSR count). The highest BCUT2D eigenvalue weighted by molar-refractivity contribution is 7.92. The Bertz CT molecular complexity index is 1210. The van der Waals surface area contributed by atoms with E-state index in [0.717, 1.165) is 0 Å². The molecule has 0 aromatic heterocycles. The van der Waals surface area contributed by atoms with E-state index in [1.54, 1.807) is 30.3 Å². The molecule has 0 heterocycles. The first-order valence-electron chi connectivity index (χ1n) is 8.42. The fourth-order valence-corrected chi connectivity index (χ4v) is 4.08. The van der Waals surface area contributed by atoms with Crippen molar-refractivity contribution in [3.8, 4) is 0 Å². The number of rotatable bonds is 6. The van der Waals surface area contributed by atoms with E-state index in [1.165, 1.54) is 42.6 Å². The maximum Gasteiger partial charge on any atom is 0.273 e. The van der Waals surface area contributed by atoms with Gasteiger partial charge in [0.2, 0.25) is 0 Å². The number of para-hydroxylation sites is 1. The minimum atomic E-state index is -3.92. The van der Waals surface area contributed by atoms with Crippen LogP contribution in [0.2, 0.25) is 15.1 Å². The lowest BCUT2D eigenvalue weighted by Gasteiger charge is -2.11. The van der Waals surface area contributed by atoms with Crippen LogP contribution in [-0.2, 0) is 10.0 Å². The van der Waals surface area contributed by atoms with Gasteiger partial charge in [0.15, 0.2) is 0 Å². The largest absolute Gasteiger partial charge is 0.279 e. The van der Waals surface area contributed by atoms with Crippen LogP contribution in [0.25, 0.3) is 0 Å². The van der Waals surface area contributed by atoms with Crippen LogP contribution in [0.4, 0.5) is 5.69 Å². The number of sulfonamides is 1. The molecule has 1 amide bonds. The standard InChI is InChI=1S/C20H14Cl3N3O3S/c21-14-7-9-16(10-8-14)30(28,29)26-19-4-2-1-3-17(19)20(27)25-24-12-13-5-6-15(22)11-18(13)23/h1-12,26H,(H,25,27)/b24-12-. The Morgan fingerprint density at radius 3 is 2.27 bits per heavy atom. The molecule has 0 atom stereocenters. The highest BCUT2D eigenvalue weighted by Gasteiger charge is 2.18. The molecular formula is C20H14Cl3N3O3S. The Hall–Kier alpha value is -2.58. The molecule has 10 heteroatoms. The number of hydrogen-bond donors (Lipinski definition) is 2. The van der Waals surface area contributed by atoms with Crippen LogP contribution in [0, 0.1) is 0 Å². The molecular weight excluding hydrogens is 469 g/mol. The summed E-state index contributed by atoms with van der Waals surface area (Å²) < 4.78 is 27.6. The Morgan fingerprint density at radius 2 is 1.57 bits per heavy atom. The topological polar surface area (TPSA) is 87.6 Å². The van der Waals surface area contributed by atoms with Crippen LogP contribution in [0.3, 0.4) is 0 Å². The van der Waals surface area contributed by atoms with Crippen LogP contribution >= 0.6 is 34.8 Å². The van der Waals surface area contributed by atoms with Gasteiger partial charge in [0.1, 0.15) is 0 Å². The molecule has 0 aliphatic rings. The molecule has 3 aromatic carbocycles. The van der Waals surface area contributed by atoms with Gasteiger partial charge in [-0.2, -0.15) is 5.10 Å². The van der Waals surface area contributed by atoms with Crippen molar-refractivity contribution in [2.24, 2.45) is 5.10 Å². The van der Waals surface area contributed by atoms with Gasteiger partial charge < -0.3 is 0 Å². The third-order valence-corrected chi connectivity index (χ3v) is 6.07. The molecule has 0 aliphatic heterocycles. The molecule has 0 bridgehead atoms. The average molecular weight is 483 g/mol. The van der Waals surface area contributed by atoms with Gasteiger partial charge in [0, 0.05) is 15.6 Å². The third-order valence-electron chi connectivity index (χ3n) is 3.87. The number of halogens is 3. The first-order valence-corrected chi connectivity index (χ1v) is 11.0. The molecule has 0 radical (unpaired) electrons. The monoisotopic (exact) mass is 481 g/mol. The molecule has 0 saturated heterocycles. The van der Waals surface area contributed by atoms with Crippen molar-refractivity contribution in [2.45, 2.75) is 4.90 Å². The second-order valence-electron chi connectivity index (χ2n) is 5.97. The maximum absolute atomic E-state index is 12.6. The fourth-order valence-electron chi connectivity index (χ4n) is 2.41. The Labute approximate surface area is 188 Å². The highest BCUT2D eigenvalue weighted by atomic mass is 35.5. The molecule has 2 N–H and O–H groups in total. The van der Waals surface area contributed by atoms with Crippen LogP contribution in [0.5, 0.6) is 0 Å². The predicted octanol–water partition coefficient (Wildman–Crippen LogP) is 5.21.